The molecule has 0 amide bonds. The molecule has 1 aliphatic rings. The third kappa shape index (κ3) is 3.52. The topological polar surface area (TPSA) is 138 Å². The van der Waals surface area contributed by atoms with E-state index in [1.165, 1.54) is 6.21 Å². The number of aromatic amines is 1. The number of hydrogen-bond donors (Lipinski definition) is 3. The van der Waals surface area contributed by atoms with E-state index in [1.807, 2.05) is 16.7 Å². The second-order valence-electron chi connectivity index (χ2n) is 7.08. The summed E-state index contributed by atoms with van der Waals surface area (Å²) < 4.78 is 31.7. The fourth-order valence-electron chi connectivity index (χ4n) is 4.07. The van der Waals surface area contributed by atoms with Crippen LogP contribution in [0.1, 0.15) is 37.9 Å². The first-order valence-electron chi connectivity index (χ1n) is 9.35. The molecule has 1 unspecified atom stereocenters. The molecule has 150 valence electrons. The van der Waals surface area contributed by atoms with Crippen molar-refractivity contribution in [3.63, 3.8) is 0 Å². The highest BCUT2D eigenvalue weighted by Gasteiger charge is 2.36. The van der Waals surface area contributed by atoms with Gasteiger partial charge in [0.15, 0.2) is 11.3 Å². The number of nitrogens with zero attached hydrogens (tertiary/aromatic N) is 5. The first kappa shape index (κ1) is 19.0. The predicted octanol–water partition coefficient (Wildman–Crippen LogP) is 1.02. The summed E-state index contributed by atoms with van der Waals surface area (Å²) in [5, 5.41) is 17.5. The van der Waals surface area contributed by atoms with Gasteiger partial charge in [-0.05, 0) is 30.7 Å². The van der Waals surface area contributed by atoms with Gasteiger partial charge in [-0.25, -0.2) is 4.98 Å². The maximum atomic E-state index is 11.8. The summed E-state index contributed by atoms with van der Waals surface area (Å²) in [6.07, 6.45) is 7.61. The van der Waals surface area contributed by atoms with Crippen LogP contribution in [-0.4, -0.2) is 57.5 Å². The van der Waals surface area contributed by atoms with E-state index >= 15 is 0 Å². The van der Waals surface area contributed by atoms with Crippen molar-refractivity contribution in [2.45, 2.75) is 32.1 Å². The Morgan fingerprint density at radius 1 is 1.43 bits per heavy atom. The van der Waals surface area contributed by atoms with Crippen LogP contribution >= 0.6 is 0 Å². The Hall–Kier alpha value is -2.37. The lowest BCUT2D eigenvalue weighted by Crippen LogP contribution is -2.25. The molecule has 1 aliphatic carbocycles. The Morgan fingerprint density at radius 3 is 3.07 bits per heavy atom. The molecule has 4 rings (SSSR count). The normalized spacial score (nSPS) is 23.4. The second-order valence-corrected chi connectivity index (χ2v) is 8.52. The molecule has 0 aromatic carbocycles. The molecule has 3 aromatic rings. The average Bonchev–Trinajstić information content (AvgIpc) is 3.40. The SMILES string of the molecule is CC[C@@H]1CC(/C=N/S(=O)(=O)NCCO)C[C@@H]1c1nnc2cnc3[nH]ccc3n12. The molecule has 0 saturated heterocycles. The van der Waals surface area contributed by atoms with Crippen LogP contribution in [0.3, 0.4) is 0 Å². The fraction of sp³-hybridized carbons (Fsp3) is 0.529. The van der Waals surface area contributed by atoms with Crippen molar-refractivity contribution in [1.82, 2.24) is 29.3 Å². The van der Waals surface area contributed by atoms with Gasteiger partial charge in [-0.1, -0.05) is 13.3 Å². The summed E-state index contributed by atoms with van der Waals surface area (Å²) in [5.41, 5.74) is 2.41. The van der Waals surface area contributed by atoms with E-state index in [4.69, 9.17) is 5.11 Å². The van der Waals surface area contributed by atoms with Crippen molar-refractivity contribution >= 4 is 33.2 Å². The summed E-state index contributed by atoms with van der Waals surface area (Å²) in [6.45, 7) is 1.82. The van der Waals surface area contributed by atoms with Crippen LogP contribution in [0, 0.1) is 11.8 Å². The van der Waals surface area contributed by atoms with Crippen molar-refractivity contribution < 1.29 is 13.5 Å². The predicted molar refractivity (Wildman–Crippen MR) is 104 cm³/mol. The molecule has 1 saturated carbocycles. The minimum Gasteiger partial charge on any atom is -0.395 e. The number of nitrogens with one attached hydrogen (secondary N) is 2. The lowest BCUT2D eigenvalue weighted by molar-refractivity contribution is 0.301. The van der Waals surface area contributed by atoms with E-state index in [0.717, 1.165) is 36.3 Å². The van der Waals surface area contributed by atoms with Gasteiger partial charge in [-0.15, -0.1) is 10.2 Å². The number of aromatic nitrogens is 5. The van der Waals surface area contributed by atoms with Gasteiger partial charge in [-0.2, -0.15) is 17.5 Å². The van der Waals surface area contributed by atoms with Crippen molar-refractivity contribution in [2.75, 3.05) is 13.2 Å². The Bertz CT molecular complexity index is 1100. The average molecular weight is 405 g/mol. The zero-order valence-electron chi connectivity index (χ0n) is 15.5. The van der Waals surface area contributed by atoms with Crippen LogP contribution in [-0.2, 0) is 10.2 Å². The number of rotatable bonds is 7. The summed E-state index contributed by atoms with van der Waals surface area (Å²) >= 11 is 0. The molecule has 10 nitrogen and oxygen atoms in total. The molecular formula is C17H23N7O3S. The zero-order chi connectivity index (χ0) is 19.7. The van der Waals surface area contributed by atoms with E-state index in [0.29, 0.717) is 11.6 Å². The Kier molecular flexibility index (Phi) is 5.13. The standard InChI is InChI=1S/C17H23N7O3S/c1-2-12-7-11(9-21-28(26,27)20-5-6-25)8-13(12)17-23-22-15-10-19-16-14(24(15)17)3-4-18-16/h3-4,9-13,18,20,25H,2,5-8H2,1H3/b21-9+/t11?,12-,13+/m1/s1. The van der Waals surface area contributed by atoms with E-state index in [-0.39, 0.29) is 25.0 Å². The van der Waals surface area contributed by atoms with E-state index in [9.17, 15) is 8.42 Å². The quantitative estimate of drug-likeness (QED) is 0.502. The molecule has 0 spiro atoms. The molecule has 11 heteroatoms. The summed E-state index contributed by atoms with van der Waals surface area (Å²) in [6, 6.07) is 1.95. The van der Waals surface area contributed by atoms with Crippen molar-refractivity contribution in [1.29, 1.82) is 0 Å². The largest absolute Gasteiger partial charge is 0.395 e. The molecule has 0 radical (unpaired) electrons. The van der Waals surface area contributed by atoms with Gasteiger partial charge < -0.3 is 10.1 Å². The lowest BCUT2D eigenvalue weighted by Gasteiger charge is -2.16. The molecule has 3 atom stereocenters. The van der Waals surface area contributed by atoms with Gasteiger partial charge in [-0.3, -0.25) is 4.40 Å². The second kappa shape index (κ2) is 7.57. The Labute approximate surface area is 162 Å². The minimum atomic E-state index is -3.77. The molecule has 3 heterocycles. The van der Waals surface area contributed by atoms with Crippen molar-refractivity contribution in [3.05, 3.63) is 24.3 Å². The Morgan fingerprint density at radius 2 is 2.29 bits per heavy atom. The van der Waals surface area contributed by atoms with E-state index in [1.54, 1.807) is 6.20 Å². The molecule has 3 N–H and O–H groups in total. The monoisotopic (exact) mass is 405 g/mol. The first-order chi connectivity index (χ1) is 13.5. The fourth-order valence-corrected chi connectivity index (χ4v) is 4.83. The maximum Gasteiger partial charge on any atom is 0.319 e. The maximum absolute atomic E-state index is 11.8. The molecule has 0 bridgehead atoms. The van der Waals surface area contributed by atoms with Gasteiger partial charge in [0.1, 0.15) is 5.82 Å². The van der Waals surface area contributed by atoms with Crippen LogP contribution < -0.4 is 4.72 Å². The van der Waals surface area contributed by atoms with E-state index < -0.39 is 10.2 Å². The van der Waals surface area contributed by atoms with Crippen LogP contribution in [0.25, 0.3) is 16.8 Å². The third-order valence-electron chi connectivity index (χ3n) is 5.36. The smallest absolute Gasteiger partial charge is 0.319 e. The van der Waals surface area contributed by atoms with Crippen LogP contribution in [0.2, 0.25) is 0 Å². The zero-order valence-corrected chi connectivity index (χ0v) is 16.3. The molecule has 3 aromatic heterocycles. The van der Waals surface area contributed by atoms with Gasteiger partial charge >= 0.3 is 10.2 Å². The van der Waals surface area contributed by atoms with Crippen LogP contribution in [0.4, 0.5) is 0 Å². The highest BCUT2D eigenvalue weighted by atomic mass is 32.2. The van der Waals surface area contributed by atoms with Gasteiger partial charge in [0.25, 0.3) is 0 Å². The summed E-state index contributed by atoms with van der Waals surface area (Å²) in [5.74, 6) is 1.44. The van der Waals surface area contributed by atoms with Gasteiger partial charge in [0, 0.05) is 24.9 Å². The van der Waals surface area contributed by atoms with E-state index in [2.05, 4.69) is 36.2 Å². The number of hydrogen-bond acceptors (Lipinski definition) is 6. The minimum absolute atomic E-state index is 0.0385. The molecule has 28 heavy (non-hydrogen) atoms. The first-order valence-corrected chi connectivity index (χ1v) is 10.8. The lowest BCUT2D eigenvalue weighted by atomic mass is 9.93. The van der Waals surface area contributed by atoms with Crippen LogP contribution in [0.15, 0.2) is 22.9 Å². The highest BCUT2D eigenvalue weighted by Crippen LogP contribution is 2.43. The summed E-state index contributed by atoms with van der Waals surface area (Å²) in [7, 11) is -3.77. The number of aliphatic hydroxyl groups excluding tert-OH is 1. The molecular weight excluding hydrogens is 382 g/mol. The number of fused-ring (bicyclic) bond motifs is 3. The number of H-pyrrole nitrogens is 1. The van der Waals surface area contributed by atoms with Crippen molar-refractivity contribution in [2.24, 2.45) is 16.2 Å². The molecule has 1 fully saturated rings. The molecule has 0 aliphatic heterocycles. The van der Waals surface area contributed by atoms with Gasteiger partial charge in [0.2, 0.25) is 0 Å². The van der Waals surface area contributed by atoms with Crippen LogP contribution in [0.5, 0.6) is 0 Å². The number of aliphatic hydroxyl groups is 1. The van der Waals surface area contributed by atoms with Gasteiger partial charge in [0.05, 0.1) is 18.3 Å². The summed E-state index contributed by atoms with van der Waals surface area (Å²) in [4.78, 5) is 7.46. The highest BCUT2D eigenvalue weighted by molar-refractivity contribution is 7.88. The Balaban J connectivity index is 1.62. The third-order valence-corrected chi connectivity index (χ3v) is 6.33. The van der Waals surface area contributed by atoms with Crippen molar-refractivity contribution in [3.8, 4) is 0 Å².